The lowest BCUT2D eigenvalue weighted by atomic mass is 9.46. The summed E-state index contributed by atoms with van der Waals surface area (Å²) in [5.74, 6) is 4.22. The molecule has 0 aromatic heterocycles. The first-order valence-electron chi connectivity index (χ1n) is 12.8. The van der Waals surface area contributed by atoms with Gasteiger partial charge in [-0.25, -0.2) is 0 Å². The fourth-order valence-corrected chi connectivity index (χ4v) is 8.77. The first-order chi connectivity index (χ1) is 14.1. The van der Waals surface area contributed by atoms with Crippen LogP contribution in [0.15, 0.2) is 11.6 Å². The van der Waals surface area contributed by atoms with Gasteiger partial charge in [0.2, 0.25) is 0 Å². The van der Waals surface area contributed by atoms with Gasteiger partial charge in [-0.1, -0.05) is 60.0 Å². The first kappa shape index (κ1) is 22.8. The SMILES string of the molecule is CC(C)CCC[C@@H](C)[C@H]1CC[C@H]2[C@@H]3CC=C4C(O)[C@@H](O)CC(O)[C@]4(C)[C@H]3CC[C@]12C. The van der Waals surface area contributed by atoms with Crippen molar-refractivity contribution in [2.45, 2.75) is 111 Å². The Morgan fingerprint density at radius 3 is 2.43 bits per heavy atom. The van der Waals surface area contributed by atoms with Gasteiger partial charge in [0.1, 0.15) is 6.10 Å². The van der Waals surface area contributed by atoms with Crippen LogP contribution in [0.5, 0.6) is 0 Å². The fraction of sp³-hybridized carbons (Fsp3) is 0.926. The normalized spacial score (nSPS) is 49.2. The van der Waals surface area contributed by atoms with Crippen LogP contribution in [0.3, 0.4) is 0 Å². The van der Waals surface area contributed by atoms with Gasteiger partial charge in [0.15, 0.2) is 0 Å². The molecule has 3 heteroatoms. The summed E-state index contributed by atoms with van der Waals surface area (Å²) in [5, 5.41) is 32.0. The van der Waals surface area contributed by atoms with Gasteiger partial charge in [0.05, 0.1) is 12.2 Å². The highest BCUT2D eigenvalue weighted by Gasteiger charge is 2.62. The molecular weight excluding hydrogens is 372 g/mol. The smallest absolute Gasteiger partial charge is 0.102 e. The van der Waals surface area contributed by atoms with E-state index in [0.717, 1.165) is 42.1 Å². The molecule has 4 aliphatic rings. The molecule has 3 nitrogen and oxygen atoms in total. The van der Waals surface area contributed by atoms with E-state index in [4.69, 9.17) is 0 Å². The Labute approximate surface area is 184 Å². The summed E-state index contributed by atoms with van der Waals surface area (Å²) in [5.41, 5.74) is 0.983. The third-order valence-corrected chi connectivity index (χ3v) is 10.5. The van der Waals surface area contributed by atoms with Gasteiger partial charge >= 0.3 is 0 Å². The Morgan fingerprint density at radius 2 is 1.73 bits per heavy atom. The van der Waals surface area contributed by atoms with E-state index in [2.05, 4.69) is 40.7 Å². The zero-order valence-electron chi connectivity index (χ0n) is 20.0. The van der Waals surface area contributed by atoms with Gasteiger partial charge in [-0.05, 0) is 78.6 Å². The number of aliphatic hydroxyl groups excluding tert-OH is 3. The van der Waals surface area contributed by atoms with Crippen LogP contribution in [0.4, 0.5) is 0 Å². The van der Waals surface area contributed by atoms with E-state index >= 15 is 0 Å². The van der Waals surface area contributed by atoms with Crippen LogP contribution in [0.1, 0.15) is 92.4 Å². The van der Waals surface area contributed by atoms with Crippen molar-refractivity contribution in [2.75, 3.05) is 0 Å². The maximum Gasteiger partial charge on any atom is 0.102 e. The Bertz CT molecular complexity index is 656. The quantitative estimate of drug-likeness (QED) is 0.529. The summed E-state index contributed by atoms with van der Waals surface area (Å²) in [4.78, 5) is 0. The molecule has 0 heterocycles. The van der Waals surface area contributed by atoms with Gasteiger partial charge in [-0.3, -0.25) is 0 Å². The summed E-state index contributed by atoms with van der Waals surface area (Å²) in [7, 11) is 0. The van der Waals surface area contributed by atoms with E-state index < -0.39 is 18.3 Å². The van der Waals surface area contributed by atoms with Crippen LogP contribution < -0.4 is 0 Å². The molecule has 4 aliphatic carbocycles. The molecule has 3 N–H and O–H groups in total. The molecule has 3 saturated carbocycles. The van der Waals surface area contributed by atoms with E-state index in [-0.39, 0.29) is 5.41 Å². The van der Waals surface area contributed by atoms with Crippen molar-refractivity contribution in [2.24, 2.45) is 46.3 Å². The van der Waals surface area contributed by atoms with Crippen molar-refractivity contribution >= 4 is 0 Å². The van der Waals surface area contributed by atoms with Crippen LogP contribution in [-0.2, 0) is 0 Å². The van der Waals surface area contributed by atoms with Crippen molar-refractivity contribution in [3.8, 4) is 0 Å². The molecular formula is C27H46O3. The highest BCUT2D eigenvalue weighted by atomic mass is 16.3. The summed E-state index contributed by atoms with van der Waals surface area (Å²) in [6.07, 6.45) is 10.5. The average Bonchev–Trinajstić information content (AvgIpc) is 3.03. The second-order valence-corrected chi connectivity index (χ2v) is 12.3. The maximum absolute atomic E-state index is 11.1. The molecule has 0 aromatic carbocycles. The van der Waals surface area contributed by atoms with Crippen molar-refractivity contribution in [1.29, 1.82) is 0 Å². The van der Waals surface area contributed by atoms with Gasteiger partial charge in [-0.2, -0.15) is 0 Å². The van der Waals surface area contributed by atoms with Gasteiger partial charge in [0, 0.05) is 11.8 Å². The Balaban J connectivity index is 1.54. The number of aliphatic hydroxyl groups is 3. The number of hydrogen-bond donors (Lipinski definition) is 3. The van der Waals surface area contributed by atoms with E-state index in [1.165, 1.54) is 38.5 Å². The zero-order valence-corrected chi connectivity index (χ0v) is 20.0. The van der Waals surface area contributed by atoms with Crippen LogP contribution in [0.2, 0.25) is 0 Å². The maximum atomic E-state index is 11.1. The largest absolute Gasteiger partial charge is 0.392 e. The predicted octanol–water partition coefficient (Wildman–Crippen LogP) is 5.33. The van der Waals surface area contributed by atoms with Crippen LogP contribution in [-0.4, -0.2) is 33.6 Å². The lowest BCUT2D eigenvalue weighted by molar-refractivity contribution is -0.132. The Hall–Kier alpha value is -0.380. The van der Waals surface area contributed by atoms with Crippen molar-refractivity contribution in [3.05, 3.63) is 11.6 Å². The van der Waals surface area contributed by atoms with Crippen LogP contribution in [0, 0.1) is 46.3 Å². The monoisotopic (exact) mass is 418 g/mol. The van der Waals surface area contributed by atoms with Crippen molar-refractivity contribution in [3.63, 3.8) is 0 Å². The summed E-state index contributed by atoms with van der Waals surface area (Å²) < 4.78 is 0. The van der Waals surface area contributed by atoms with E-state index in [0.29, 0.717) is 23.7 Å². The van der Waals surface area contributed by atoms with E-state index in [1.807, 2.05) is 0 Å². The minimum Gasteiger partial charge on any atom is -0.392 e. The third-order valence-electron chi connectivity index (χ3n) is 10.5. The number of fused-ring (bicyclic) bond motifs is 5. The number of rotatable bonds is 5. The van der Waals surface area contributed by atoms with Crippen molar-refractivity contribution in [1.82, 2.24) is 0 Å². The summed E-state index contributed by atoms with van der Waals surface area (Å²) in [6, 6.07) is 0. The molecule has 172 valence electrons. The molecule has 0 aromatic rings. The second-order valence-electron chi connectivity index (χ2n) is 12.3. The first-order valence-corrected chi connectivity index (χ1v) is 12.8. The van der Waals surface area contributed by atoms with Gasteiger partial charge in [0.25, 0.3) is 0 Å². The highest BCUT2D eigenvalue weighted by molar-refractivity contribution is 5.31. The molecule has 0 spiro atoms. The predicted molar refractivity (Wildman–Crippen MR) is 122 cm³/mol. The molecule has 0 amide bonds. The molecule has 2 unspecified atom stereocenters. The van der Waals surface area contributed by atoms with Crippen molar-refractivity contribution < 1.29 is 15.3 Å². The topological polar surface area (TPSA) is 60.7 Å². The van der Waals surface area contributed by atoms with Gasteiger partial charge < -0.3 is 15.3 Å². The molecule has 10 atom stereocenters. The summed E-state index contributed by atoms with van der Waals surface area (Å²) in [6.45, 7) is 11.9. The standard InChI is InChI=1S/C27H46O3/c1-16(2)7-6-8-17(3)19-11-12-20-18-9-10-22-25(30)23(28)15-24(29)27(22,5)21(18)13-14-26(19,20)4/h10,16-21,23-25,28-30H,6-9,11-15H2,1-5H3/t17-,18+,19-,20+,21+,23+,24?,25?,26-,27-/m1/s1. The molecule has 4 rings (SSSR count). The third kappa shape index (κ3) is 3.42. The lowest BCUT2D eigenvalue weighted by Gasteiger charge is -2.60. The molecule has 0 bridgehead atoms. The molecule has 0 aliphatic heterocycles. The minimum atomic E-state index is -0.827. The van der Waals surface area contributed by atoms with E-state index in [1.54, 1.807) is 0 Å². The zero-order chi connectivity index (χ0) is 21.8. The molecule has 30 heavy (non-hydrogen) atoms. The lowest BCUT2D eigenvalue weighted by Crippen LogP contribution is -2.59. The Kier molecular flexibility index (Phi) is 6.23. The number of hydrogen-bond acceptors (Lipinski definition) is 3. The second kappa shape index (κ2) is 8.19. The van der Waals surface area contributed by atoms with Crippen LogP contribution in [0.25, 0.3) is 0 Å². The van der Waals surface area contributed by atoms with Gasteiger partial charge in [-0.15, -0.1) is 0 Å². The molecule has 3 fully saturated rings. The molecule has 0 saturated heterocycles. The Morgan fingerprint density at radius 1 is 1.00 bits per heavy atom. The fourth-order valence-electron chi connectivity index (χ4n) is 8.77. The minimum absolute atomic E-state index is 0.301. The van der Waals surface area contributed by atoms with E-state index in [9.17, 15) is 15.3 Å². The summed E-state index contributed by atoms with van der Waals surface area (Å²) >= 11 is 0. The van der Waals surface area contributed by atoms with Crippen LogP contribution >= 0.6 is 0 Å². The number of allylic oxidation sites excluding steroid dienone is 1. The highest BCUT2D eigenvalue weighted by Crippen LogP contribution is 2.67. The molecule has 0 radical (unpaired) electrons. The average molecular weight is 419 g/mol.